The Labute approximate surface area is 204 Å². The molecule has 0 saturated carbocycles. The molecule has 1 atom stereocenters. The quantitative estimate of drug-likeness (QED) is 0.387. The van der Waals surface area contributed by atoms with Gasteiger partial charge < -0.3 is 23.5 Å². The number of fused-ring (bicyclic) bond motifs is 1. The molecule has 1 aliphatic rings. The van der Waals surface area contributed by atoms with E-state index in [9.17, 15) is 4.79 Å². The highest BCUT2D eigenvalue weighted by molar-refractivity contribution is 5.98. The molecule has 35 heavy (non-hydrogen) atoms. The molecule has 2 aromatic heterocycles. The summed E-state index contributed by atoms with van der Waals surface area (Å²) < 4.78 is 23.0. The number of carbonyl (C=O) groups is 1. The number of benzene rings is 2. The first-order valence-corrected chi connectivity index (χ1v) is 11.7. The maximum absolute atomic E-state index is 13.7. The van der Waals surface area contributed by atoms with Gasteiger partial charge in [-0.15, -0.1) is 0 Å². The number of nitrogens with zero attached hydrogens (tertiary/aromatic N) is 2. The summed E-state index contributed by atoms with van der Waals surface area (Å²) in [5.41, 5.74) is 3.31. The molecule has 0 spiro atoms. The summed E-state index contributed by atoms with van der Waals surface area (Å²) in [6, 6.07) is 19.1. The second-order valence-corrected chi connectivity index (χ2v) is 8.59. The van der Waals surface area contributed by atoms with Crippen molar-refractivity contribution in [3.05, 3.63) is 89.9 Å². The summed E-state index contributed by atoms with van der Waals surface area (Å²) in [5, 5.41) is 1.10. The first-order valence-electron chi connectivity index (χ1n) is 11.7. The molecule has 180 valence electrons. The minimum absolute atomic E-state index is 0.100. The number of methoxy groups -OCH3 is 1. The number of aromatic nitrogens is 1. The molecule has 0 N–H and O–H groups in total. The Morgan fingerprint density at radius 2 is 2.03 bits per heavy atom. The average molecular weight is 473 g/mol. The fourth-order valence-electron chi connectivity index (χ4n) is 4.53. The largest absolute Gasteiger partial charge is 0.493 e. The number of pyridine rings is 1. The van der Waals surface area contributed by atoms with E-state index in [0.29, 0.717) is 43.4 Å². The first kappa shape index (κ1) is 22.9. The van der Waals surface area contributed by atoms with E-state index < -0.39 is 0 Å². The number of para-hydroxylation sites is 1. The van der Waals surface area contributed by atoms with Gasteiger partial charge in [0.1, 0.15) is 12.2 Å². The van der Waals surface area contributed by atoms with Gasteiger partial charge in [0, 0.05) is 30.6 Å². The summed E-state index contributed by atoms with van der Waals surface area (Å²) in [5.74, 6) is 0.999. The molecule has 2 aromatic carbocycles. The van der Waals surface area contributed by atoms with Crippen LogP contribution < -0.4 is 9.47 Å². The van der Waals surface area contributed by atoms with Crippen LogP contribution in [0.3, 0.4) is 0 Å². The molecule has 0 aliphatic carbocycles. The van der Waals surface area contributed by atoms with Crippen LogP contribution in [0.4, 0.5) is 0 Å². The third-order valence-corrected chi connectivity index (χ3v) is 6.24. The lowest BCUT2D eigenvalue weighted by molar-refractivity contribution is 0.0731. The first-order chi connectivity index (χ1) is 17.2. The molecule has 4 aromatic rings. The van der Waals surface area contributed by atoms with Gasteiger partial charge in [0.25, 0.3) is 5.91 Å². The minimum atomic E-state index is -0.100. The fraction of sp³-hybridized carbons (Fsp3) is 0.286. The van der Waals surface area contributed by atoms with Gasteiger partial charge in [-0.05, 0) is 48.4 Å². The van der Waals surface area contributed by atoms with Gasteiger partial charge >= 0.3 is 0 Å². The predicted octanol–water partition coefficient (Wildman–Crippen LogP) is 4.75. The number of ether oxygens (including phenoxy) is 3. The van der Waals surface area contributed by atoms with E-state index in [1.165, 1.54) is 5.56 Å². The maximum atomic E-state index is 13.7. The lowest BCUT2D eigenvalue weighted by Gasteiger charge is -2.25. The summed E-state index contributed by atoms with van der Waals surface area (Å²) in [4.78, 5) is 19.9. The lowest BCUT2D eigenvalue weighted by atomic mass is 9.97. The van der Waals surface area contributed by atoms with E-state index in [1.54, 1.807) is 31.7 Å². The van der Waals surface area contributed by atoms with Crippen LogP contribution in [0, 0.1) is 5.92 Å². The molecule has 7 nitrogen and oxygen atoms in total. The van der Waals surface area contributed by atoms with Crippen molar-refractivity contribution in [1.29, 1.82) is 0 Å². The number of hydrogen-bond donors (Lipinski definition) is 0. The molecular weight excluding hydrogens is 444 g/mol. The predicted molar refractivity (Wildman–Crippen MR) is 132 cm³/mol. The Hall–Kier alpha value is -3.84. The van der Waals surface area contributed by atoms with Crippen LogP contribution in [0.25, 0.3) is 11.0 Å². The van der Waals surface area contributed by atoms with Crippen molar-refractivity contribution in [2.45, 2.75) is 13.0 Å². The third kappa shape index (κ3) is 5.15. The van der Waals surface area contributed by atoms with Crippen molar-refractivity contribution < 1.29 is 23.4 Å². The Morgan fingerprint density at radius 1 is 1.11 bits per heavy atom. The van der Waals surface area contributed by atoms with Crippen LogP contribution in [0.1, 0.15) is 21.6 Å². The molecule has 1 aliphatic heterocycles. The van der Waals surface area contributed by atoms with Crippen LogP contribution in [0.15, 0.2) is 77.5 Å². The summed E-state index contributed by atoms with van der Waals surface area (Å²) in [7, 11) is 1.57. The Morgan fingerprint density at radius 3 is 2.89 bits per heavy atom. The van der Waals surface area contributed by atoms with Crippen LogP contribution in [-0.2, 0) is 17.8 Å². The molecule has 0 radical (unpaired) electrons. The average Bonchev–Trinajstić information content (AvgIpc) is 3.27. The topological polar surface area (TPSA) is 74.0 Å². The van der Waals surface area contributed by atoms with Crippen LogP contribution in [0.2, 0.25) is 0 Å². The maximum Gasteiger partial charge on any atom is 0.257 e. The highest BCUT2D eigenvalue weighted by Gasteiger charge is 2.27. The van der Waals surface area contributed by atoms with Crippen molar-refractivity contribution in [3.63, 3.8) is 0 Å². The Kier molecular flexibility index (Phi) is 6.95. The molecule has 7 heteroatoms. The molecule has 5 rings (SSSR count). The van der Waals surface area contributed by atoms with Gasteiger partial charge in [-0.25, -0.2) is 0 Å². The van der Waals surface area contributed by atoms with Crippen molar-refractivity contribution in [2.24, 2.45) is 5.92 Å². The SMILES string of the molecule is COc1cccc(C(=O)N2CCOC[C@@H](Cc3cccc4occc34)C2)c1OCc1ccccn1. The lowest BCUT2D eigenvalue weighted by Crippen LogP contribution is -2.36. The monoisotopic (exact) mass is 472 g/mol. The van der Waals surface area contributed by atoms with Gasteiger partial charge in [-0.2, -0.15) is 0 Å². The van der Waals surface area contributed by atoms with E-state index in [2.05, 4.69) is 11.1 Å². The van der Waals surface area contributed by atoms with Crippen LogP contribution in [0.5, 0.6) is 11.5 Å². The van der Waals surface area contributed by atoms with Gasteiger partial charge in [-0.1, -0.05) is 24.3 Å². The zero-order valence-electron chi connectivity index (χ0n) is 19.7. The zero-order chi connectivity index (χ0) is 24.0. The molecular formula is C28H28N2O5. The molecule has 0 unspecified atom stereocenters. The third-order valence-electron chi connectivity index (χ3n) is 6.24. The molecule has 1 fully saturated rings. The molecule has 1 amide bonds. The van der Waals surface area contributed by atoms with E-state index in [-0.39, 0.29) is 18.4 Å². The number of carbonyl (C=O) groups excluding carboxylic acids is 1. The molecule has 3 heterocycles. The van der Waals surface area contributed by atoms with Gasteiger partial charge in [0.2, 0.25) is 0 Å². The highest BCUT2D eigenvalue weighted by Crippen LogP contribution is 2.33. The molecule has 0 bridgehead atoms. The second-order valence-electron chi connectivity index (χ2n) is 8.59. The Balaban J connectivity index is 1.36. The minimum Gasteiger partial charge on any atom is -0.493 e. The second kappa shape index (κ2) is 10.6. The molecule has 1 saturated heterocycles. The van der Waals surface area contributed by atoms with Crippen molar-refractivity contribution in [2.75, 3.05) is 33.4 Å². The van der Waals surface area contributed by atoms with Crippen molar-refractivity contribution in [3.8, 4) is 11.5 Å². The fourth-order valence-corrected chi connectivity index (χ4v) is 4.53. The van der Waals surface area contributed by atoms with Gasteiger partial charge in [-0.3, -0.25) is 9.78 Å². The van der Waals surface area contributed by atoms with Crippen LogP contribution >= 0.6 is 0 Å². The summed E-state index contributed by atoms with van der Waals surface area (Å²) in [6.07, 6.45) is 4.22. The van der Waals surface area contributed by atoms with Crippen molar-refractivity contribution in [1.82, 2.24) is 9.88 Å². The Bertz CT molecular complexity index is 1290. The standard InChI is InChI=1S/C28H28N2O5/c1-32-26-10-5-8-24(27(26)35-19-22-7-2-3-12-29-22)28(31)30-13-15-33-18-20(17-30)16-21-6-4-9-25-23(21)11-14-34-25/h2-12,14,20H,13,15-19H2,1H3/t20-/m0/s1. The van der Waals surface area contributed by atoms with Gasteiger partial charge in [0.05, 0.1) is 37.8 Å². The van der Waals surface area contributed by atoms with E-state index in [4.69, 9.17) is 18.6 Å². The van der Waals surface area contributed by atoms with Crippen LogP contribution in [-0.4, -0.2) is 49.2 Å². The highest BCUT2D eigenvalue weighted by atomic mass is 16.5. The number of furan rings is 1. The van der Waals surface area contributed by atoms with E-state index in [1.807, 2.05) is 47.4 Å². The number of amides is 1. The number of rotatable bonds is 7. The number of hydrogen-bond acceptors (Lipinski definition) is 6. The summed E-state index contributed by atoms with van der Waals surface area (Å²) in [6.45, 7) is 2.43. The smallest absolute Gasteiger partial charge is 0.257 e. The van der Waals surface area contributed by atoms with Crippen molar-refractivity contribution >= 4 is 16.9 Å². The summed E-state index contributed by atoms with van der Waals surface area (Å²) >= 11 is 0. The van der Waals surface area contributed by atoms with E-state index >= 15 is 0 Å². The normalized spacial score (nSPS) is 16.1. The van der Waals surface area contributed by atoms with E-state index in [0.717, 1.165) is 23.1 Å². The van der Waals surface area contributed by atoms with Gasteiger partial charge in [0.15, 0.2) is 11.5 Å². The zero-order valence-corrected chi connectivity index (χ0v) is 19.7.